The molecule has 1 aliphatic heterocycles. The number of guanidine groups is 1. The average molecular weight is 483 g/mol. The number of nitrogens with zero attached hydrogens (tertiary/aromatic N) is 2. The Hall–Kier alpha value is -0.770. The van der Waals surface area contributed by atoms with E-state index in [4.69, 9.17) is 21.1 Å². The predicted molar refractivity (Wildman–Crippen MR) is 114 cm³/mol. The number of halogens is 2. The van der Waals surface area contributed by atoms with Crippen LogP contribution < -0.4 is 15.4 Å². The Kier molecular flexibility index (Phi) is 10.5. The first kappa shape index (κ1) is 22.3. The topological polar surface area (TPSA) is 58.1 Å². The Morgan fingerprint density at radius 3 is 2.88 bits per heavy atom. The Bertz CT molecular complexity index is 559. The lowest BCUT2D eigenvalue weighted by Gasteiger charge is -2.30. The van der Waals surface area contributed by atoms with Crippen molar-refractivity contribution in [2.24, 2.45) is 4.99 Å². The molecule has 0 radical (unpaired) electrons. The van der Waals surface area contributed by atoms with Gasteiger partial charge in [-0.25, -0.2) is 0 Å². The number of hydrogen-bond donors (Lipinski definition) is 2. The van der Waals surface area contributed by atoms with Gasteiger partial charge in [-0.2, -0.15) is 0 Å². The van der Waals surface area contributed by atoms with E-state index in [1.54, 1.807) is 14.2 Å². The number of rotatable bonds is 6. The van der Waals surface area contributed by atoms with Crippen LogP contribution in [0.3, 0.4) is 0 Å². The minimum atomic E-state index is 0. The monoisotopic (exact) mass is 482 g/mol. The van der Waals surface area contributed by atoms with Gasteiger partial charge in [-0.1, -0.05) is 17.7 Å². The first-order valence-electron chi connectivity index (χ1n) is 8.19. The molecular weight excluding hydrogens is 455 g/mol. The first-order valence-corrected chi connectivity index (χ1v) is 8.57. The summed E-state index contributed by atoms with van der Waals surface area (Å²) in [5.74, 6) is 1.54. The van der Waals surface area contributed by atoms with Crippen molar-refractivity contribution < 1.29 is 9.47 Å². The van der Waals surface area contributed by atoms with E-state index in [-0.39, 0.29) is 30.1 Å². The second-order valence-corrected chi connectivity index (χ2v) is 6.25. The summed E-state index contributed by atoms with van der Waals surface area (Å²) in [6.07, 6.45) is 1.00. The normalized spacial score (nSPS) is 18.4. The number of hydrogen-bond acceptors (Lipinski definition) is 4. The molecule has 1 aromatic carbocycles. The largest absolute Gasteiger partial charge is 0.497 e. The molecule has 0 spiro atoms. The van der Waals surface area contributed by atoms with Crippen LogP contribution in [-0.4, -0.2) is 71.0 Å². The molecule has 0 saturated carbocycles. The smallest absolute Gasteiger partial charge is 0.191 e. The molecule has 25 heavy (non-hydrogen) atoms. The van der Waals surface area contributed by atoms with Crippen molar-refractivity contribution in [2.75, 3.05) is 54.0 Å². The van der Waals surface area contributed by atoms with E-state index in [9.17, 15) is 0 Å². The fourth-order valence-corrected chi connectivity index (χ4v) is 2.86. The van der Waals surface area contributed by atoms with Gasteiger partial charge in [0.2, 0.25) is 0 Å². The Labute approximate surface area is 172 Å². The van der Waals surface area contributed by atoms with Gasteiger partial charge < -0.3 is 25.0 Å². The summed E-state index contributed by atoms with van der Waals surface area (Å²) in [6, 6.07) is 5.75. The number of likely N-dealkylation sites (N-methyl/N-ethyl adjacent to an activating group) is 1. The maximum Gasteiger partial charge on any atom is 0.191 e. The molecule has 1 heterocycles. The zero-order valence-corrected chi connectivity index (χ0v) is 18.1. The molecule has 6 nitrogen and oxygen atoms in total. The van der Waals surface area contributed by atoms with Gasteiger partial charge in [0, 0.05) is 38.2 Å². The van der Waals surface area contributed by atoms with Crippen molar-refractivity contribution in [1.82, 2.24) is 15.5 Å². The standard InChI is InChI=1S/C17H27ClN4O2.HI/c1-19-17(21-11-15-12-22(2)8-9-24-15)20-7-6-13-4-5-14(23-3)10-16(13)18;/h4-5,10,15H,6-9,11-12H2,1-3H3,(H2,19,20,21);1H. The fraction of sp³-hybridized carbons (Fsp3) is 0.588. The lowest BCUT2D eigenvalue weighted by molar-refractivity contribution is -0.0161. The van der Waals surface area contributed by atoms with E-state index in [1.807, 2.05) is 18.2 Å². The highest BCUT2D eigenvalue weighted by molar-refractivity contribution is 14.0. The maximum absolute atomic E-state index is 6.26. The third-order valence-electron chi connectivity index (χ3n) is 4.01. The molecule has 1 aromatic rings. The summed E-state index contributed by atoms with van der Waals surface area (Å²) in [5, 5.41) is 7.34. The molecule has 2 rings (SSSR count). The molecule has 8 heteroatoms. The van der Waals surface area contributed by atoms with E-state index in [2.05, 4.69) is 27.6 Å². The van der Waals surface area contributed by atoms with Crippen LogP contribution in [0.2, 0.25) is 5.02 Å². The van der Waals surface area contributed by atoms with Crippen LogP contribution in [0.25, 0.3) is 0 Å². The summed E-state index contributed by atoms with van der Waals surface area (Å²) < 4.78 is 10.9. The van der Waals surface area contributed by atoms with Crippen molar-refractivity contribution in [3.05, 3.63) is 28.8 Å². The molecule has 0 bridgehead atoms. The summed E-state index contributed by atoms with van der Waals surface area (Å²) in [5.41, 5.74) is 1.08. The van der Waals surface area contributed by atoms with Crippen LogP contribution in [0.15, 0.2) is 23.2 Å². The van der Waals surface area contributed by atoms with Gasteiger partial charge >= 0.3 is 0 Å². The second-order valence-electron chi connectivity index (χ2n) is 5.84. The van der Waals surface area contributed by atoms with Crippen molar-refractivity contribution in [2.45, 2.75) is 12.5 Å². The number of ether oxygens (including phenoxy) is 2. The lowest BCUT2D eigenvalue weighted by atomic mass is 10.1. The van der Waals surface area contributed by atoms with Crippen molar-refractivity contribution in [1.29, 1.82) is 0 Å². The number of aliphatic imine (C=N–C) groups is 1. The highest BCUT2D eigenvalue weighted by Gasteiger charge is 2.17. The van der Waals surface area contributed by atoms with Gasteiger partial charge in [0.25, 0.3) is 0 Å². The molecule has 1 saturated heterocycles. The molecule has 0 aromatic heterocycles. The van der Waals surface area contributed by atoms with Crippen LogP contribution in [-0.2, 0) is 11.2 Å². The van der Waals surface area contributed by atoms with Crippen LogP contribution in [0, 0.1) is 0 Å². The molecular formula is C17H28ClIN4O2. The van der Waals surface area contributed by atoms with Crippen LogP contribution >= 0.6 is 35.6 Å². The van der Waals surface area contributed by atoms with Crippen molar-refractivity contribution in [3.8, 4) is 5.75 Å². The highest BCUT2D eigenvalue weighted by Crippen LogP contribution is 2.22. The molecule has 1 fully saturated rings. The van der Waals surface area contributed by atoms with Crippen LogP contribution in [0.1, 0.15) is 5.56 Å². The number of morpholine rings is 1. The Morgan fingerprint density at radius 2 is 2.24 bits per heavy atom. The molecule has 1 aliphatic rings. The first-order chi connectivity index (χ1) is 11.6. The highest BCUT2D eigenvalue weighted by atomic mass is 127. The Morgan fingerprint density at radius 1 is 1.44 bits per heavy atom. The van der Waals surface area contributed by atoms with Gasteiger partial charge in [0.15, 0.2) is 5.96 Å². The molecule has 1 atom stereocenters. The minimum absolute atomic E-state index is 0. The summed E-state index contributed by atoms with van der Waals surface area (Å²) in [6.45, 7) is 4.20. The predicted octanol–water partition coefficient (Wildman–Crippen LogP) is 2.00. The van der Waals surface area contributed by atoms with E-state index in [1.165, 1.54) is 0 Å². The molecule has 1 unspecified atom stereocenters. The van der Waals surface area contributed by atoms with Crippen molar-refractivity contribution in [3.63, 3.8) is 0 Å². The van der Waals surface area contributed by atoms with E-state index in [0.717, 1.165) is 61.5 Å². The SMILES string of the molecule is CN=C(NCCc1ccc(OC)cc1Cl)NCC1CN(C)CCO1.I. The third kappa shape index (κ3) is 7.55. The van der Waals surface area contributed by atoms with Crippen LogP contribution in [0.4, 0.5) is 0 Å². The zero-order valence-electron chi connectivity index (χ0n) is 15.0. The third-order valence-corrected chi connectivity index (χ3v) is 4.36. The van der Waals surface area contributed by atoms with Gasteiger partial charge in [-0.05, 0) is 31.2 Å². The van der Waals surface area contributed by atoms with Crippen LogP contribution in [0.5, 0.6) is 5.75 Å². The molecule has 0 aliphatic carbocycles. The fourth-order valence-electron chi connectivity index (χ4n) is 2.59. The Balaban J connectivity index is 0.00000312. The maximum atomic E-state index is 6.26. The second kappa shape index (κ2) is 11.8. The summed E-state index contributed by atoms with van der Waals surface area (Å²) >= 11 is 6.26. The molecule has 0 amide bonds. The number of benzene rings is 1. The molecule has 142 valence electrons. The van der Waals surface area contributed by atoms with Gasteiger partial charge in [-0.15, -0.1) is 24.0 Å². The van der Waals surface area contributed by atoms with Gasteiger partial charge in [-0.3, -0.25) is 4.99 Å². The lowest BCUT2D eigenvalue weighted by Crippen LogP contribution is -2.48. The number of nitrogens with one attached hydrogen (secondary N) is 2. The van der Waals surface area contributed by atoms with Crippen molar-refractivity contribution >= 4 is 41.5 Å². The minimum Gasteiger partial charge on any atom is -0.497 e. The quantitative estimate of drug-likeness (QED) is 0.369. The summed E-state index contributed by atoms with van der Waals surface area (Å²) in [7, 11) is 5.51. The van der Waals surface area contributed by atoms with Gasteiger partial charge in [0.1, 0.15) is 5.75 Å². The van der Waals surface area contributed by atoms with E-state index < -0.39 is 0 Å². The zero-order chi connectivity index (χ0) is 17.4. The average Bonchev–Trinajstić information content (AvgIpc) is 2.59. The van der Waals surface area contributed by atoms with E-state index >= 15 is 0 Å². The summed E-state index contributed by atoms with van der Waals surface area (Å²) in [4.78, 5) is 6.52. The van der Waals surface area contributed by atoms with E-state index in [0.29, 0.717) is 0 Å². The number of methoxy groups -OCH3 is 1. The molecule has 2 N–H and O–H groups in total. The van der Waals surface area contributed by atoms with Gasteiger partial charge in [0.05, 0.1) is 19.8 Å².